The summed E-state index contributed by atoms with van der Waals surface area (Å²) < 4.78 is 0. The smallest absolute Gasteiger partial charge is 0.226 e. The number of primary amides is 1. The van der Waals surface area contributed by atoms with E-state index in [1.54, 1.807) is 6.07 Å². The zero-order valence-electron chi connectivity index (χ0n) is 19.1. The van der Waals surface area contributed by atoms with Crippen molar-refractivity contribution in [2.75, 3.05) is 0 Å². The molecule has 3 rings (SSSR count). The standard InChI is InChI=1S/C24H33N7O/c1-15-11-12-16(23(27)32)19(13-22(28-15)29-18-8-5-4-7-17(18)26)30-21-10-6-9-20(31-21)24(2,3)14-25/h6,9-11,16-18H,4-5,7-8,12-13,26H2,1-3H3,(H2,27,32)(H,28,29). The van der Waals surface area contributed by atoms with Gasteiger partial charge in [0.2, 0.25) is 5.91 Å². The summed E-state index contributed by atoms with van der Waals surface area (Å²) in [5.74, 6) is 0.185. The number of pyridine rings is 1. The van der Waals surface area contributed by atoms with Gasteiger partial charge in [-0.25, -0.2) is 9.98 Å². The van der Waals surface area contributed by atoms with Crippen LogP contribution in [0.4, 0.5) is 5.82 Å². The maximum atomic E-state index is 12.3. The van der Waals surface area contributed by atoms with Crippen LogP contribution in [0.1, 0.15) is 65.0 Å². The number of nitrogens with two attached hydrogens (primary N) is 2. The number of nitrogens with one attached hydrogen (secondary N) is 1. The van der Waals surface area contributed by atoms with Crippen LogP contribution in [0.25, 0.3) is 0 Å². The van der Waals surface area contributed by atoms with Crippen LogP contribution < -0.4 is 16.8 Å². The van der Waals surface area contributed by atoms with Crippen molar-refractivity contribution in [3.8, 4) is 6.07 Å². The maximum absolute atomic E-state index is 12.3. The topological polar surface area (TPSA) is 143 Å². The summed E-state index contributed by atoms with van der Waals surface area (Å²) in [4.78, 5) is 26.5. The van der Waals surface area contributed by atoms with Crippen molar-refractivity contribution in [3.63, 3.8) is 0 Å². The molecule has 8 nitrogen and oxygen atoms in total. The van der Waals surface area contributed by atoms with Gasteiger partial charge in [0.1, 0.15) is 5.84 Å². The predicted octanol–water partition coefficient (Wildman–Crippen LogP) is 3.01. The highest BCUT2D eigenvalue weighted by molar-refractivity contribution is 6.13. The molecule has 170 valence electrons. The molecule has 0 radical (unpaired) electrons. The first-order valence-corrected chi connectivity index (χ1v) is 11.2. The molecule has 1 aliphatic heterocycles. The Morgan fingerprint density at radius 2 is 2.06 bits per heavy atom. The molecular formula is C24H33N7O. The van der Waals surface area contributed by atoms with E-state index in [4.69, 9.17) is 21.5 Å². The molecule has 1 amide bonds. The third-order valence-electron chi connectivity index (χ3n) is 6.11. The number of hydrogen-bond donors (Lipinski definition) is 3. The number of carbonyl (C=O) groups is 1. The third kappa shape index (κ3) is 5.80. The Balaban J connectivity index is 2.01. The first-order valence-electron chi connectivity index (χ1n) is 11.2. The van der Waals surface area contributed by atoms with E-state index >= 15 is 0 Å². The van der Waals surface area contributed by atoms with Crippen molar-refractivity contribution in [1.82, 2.24) is 10.3 Å². The molecule has 0 aromatic carbocycles. The second-order valence-electron chi connectivity index (χ2n) is 9.19. The molecule has 0 saturated heterocycles. The van der Waals surface area contributed by atoms with E-state index in [-0.39, 0.29) is 12.1 Å². The van der Waals surface area contributed by atoms with Crippen LogP contribution in [0.2, 0.25) is 0 Å². The van der Waals surface area contributed by atoms with Crippen LogP contribution in [0.5, 0.6) is 0 Å². The van der Waals surface area contributed by atoms with Crippen molar-refractivity contribution >= 4 is 23.3 Å². The summed E-state index contributed by atoms with van der Waals surface area (Å²) >= 11 is 0. The fraction of sp³-hybridized carbons (Fsp3) is 0.542. The molecule has 1 aliphatic carbocycles. The minimum atomic E-state index is -0.745. The van der Waals surface area contributed by atoms with E-state index < -0.39 is 17.2 Å². The molecule has 1 aromatic rings. The molecule has 1 aromatic heterocycles. The average molecular weight is 436 g/mol. The van der Waals surface area contributed by atoms with E-state index in [1.165, 1.54) is 0 Å². The number of aromatic nitrogens is 1. The summed E-state index contributed by atoms with van der Waals surface area (Å²) in [7, 11) is 0. The van der Waals surface area contributed by atoms with E-state index in [0.29, 0.717) is 30.1 Å². The molecule has 3 atom stereocenters. The number of nitrogens with zero attached hydrogens (tertiary/aromatic N) is 4. The van der Waals surface area contributed by atoms with Crippen LogP contribution in [-0.4, -0.2) is 34.5 Å². The quantitative estimate of drug-likeness (QED) is 0.666. The van der Waals surface area contributed by atoms with E-state index in [9.17, 15) is 10.1 Å². The van der Waals surface area contributed by atoms with Crippen molar-refractivity contribution < 1.29 is 4.79 Å². The number of aliphatic imine (C=N–C) groups is 2. The van der Waals surface area contributed by atoms with Crippen LogP contribution in [0, 0.1) is 17.2 Å². The Labute approximate surface area is 189 Å². The van der Waals surface area contributed by atoms with Crippen LogP contribution >= 0.6 is 0 Å². The minimum Gasteiger partial charge on any atom is -0.369 e. The number of carbonyl (C=O) groups excluding carboxylic acids is 1. The van der Waals surface area contributed by atoms with Gasteiger partial charge in [-0.05, 0) is 52.2 Å². The zero-order valence-corrected chi connectivity index (χ0v) is 19.1. The van der Waals surface area contributed by atoms with Crippen molar-refractivity contribution in [2.45, 2.75) is 76.8 Å². The second-order valence-corrected chi connectivity index (χ2v) is 9.19. The van der Waals surface area contributed by atoms with Crippen molar-refractivity contribution in [2.24, 2.45) is 27.4 Å². The summed E-state index contributed by atoms with van der Waals surface area (Å²) in [5.41, 5.74) is 13.5. The molecule has 3 unspecified atom stereocenters. The maximum Gasteiger partial charge on any atom is 0.226 e. The van der Waals surface area contributed by atoms with Crippen LogP contribution in [0.15, 0.2) is 40.0 Å². The van der Waals surface area contributed by atoms with Gasteiger partial charge in [0.15, 0.2) is 5.82 Å². The first-order chi connectivity index (χ1) is 15.2. The Kier molecular flexibility index (Phi) is 7.41. The number of amides is 1. The average Bonchev–Trinajstić information content (AvgIpc) is 2.74. The zero-order chi connectivity index (χ0) is 23.3. The van der Waals surface area contributed by atoms with Crippen molar-refractivity contribution in [1.29, 1.82) is 5.26 Å². The van der Waals surface area contributed by atoms with Gasteiger partial charge in [-0.15, -0.1) is 0 Å². The largest absolute Gasteiger partial charge is 0.369 e. The lowest BCUT2D eigenvalue weighted by atomic mass is 9.90. The summed E-state index contributed by atoms with van der Waals surface area (Å²) in [6.07, 6.45) is 6.91. The van der Waals surface area contributed by atoms with Gasteiger partial charge >= 0.3 is 0 Å². The summed E-state index contributed by atoms with van der Waals surface area (Å²) in [6, 6.07) is 7.74. The van der Waals surface area contributed by atoms with Gasteiger partial charge in [0, 0.05) is 23.9 Å². The lowest BCUT2D eigenvalue weighted by molar-refractivity contribution is -0.119. The van der Waals surface area contributed by atoms with Gasteiger partial charge in [-0.2, -0.15) is 5.26 Å². The monoisotopic (exact) mass is 435 g/mol. The minimum absolute atomic E-state index is 0.0339. The lowest BCUT2D eigenvalue weighted by Gasteiger charge is -2.27. The fourth-order valence-corrected chi connectivity index (χ4v) is 4.06. The van der Waals surface area contributed by atoms with E-state index in [2.05, 4.69) is 16.4 Å². The molecule has 0 spiro atoms. The highest BCUT2D eigenvalue weighted by Crippen LogP contribution is 2.25. The molecular weight excluding hydrogens is 402 g/mol. The van der Waals surface area contributed by atoms with Gasteiger partial charge in [0.05, 0.1) is 29.1 Å². The highest BCUT2D eigenvalue weighted by Gasteiger charge is 2.28. The van der Waals surface area contributed by atoms with E-state index in [1.807, 2.05) is 39.0 Å². The third-order valence-corrected chi connectivity index (χ3v) is 6.11. The normalized spacial score (nSPS) is 27.1. The number of nitriles is 1. The summed E-state index contributed by atoms with van der Waals surface area (Å²) in [5, 5.41) is 12.8. The van der Waals surface area contributed by atoms with Gasteiger partial charge in [-0.1, -0.05) is 25.0 Å². The van der Waals surface area contributed by atoms with Crippen LogP contribution in [-0.2, 0) is 10.2 Å². The Morgan fingerprint density at radius 3 is 2.75 bits per heavy atom. The molecule has 2 heterocycles. The summed E-state index contributed by atoms with van der Waals surface area (Å²) in [6.45, 7) is 5.57. The Hall–Kier alpha value is -3.05. The van der Waals surface area contributed by atoms with Gasteiger partial charge in [-0.3, -0.25) is 9.79 Å². The molecule has 1 saturated carbocycles. The number of rotatable bonds is 4. The van der Waals surface area contributed by atoms with Gasteiger partial charge < -0.3 is 16.8 Å². The van der Waals surface area contributed by atoms with Gasteiger partial charge in [0.25, 0.3) is 0 Å². The lowest BCUT2D eigenvalue weighted by Crippen LogP contribution is -2.40. The SMILES string of the molecule is CC1=CCC(C(N)=O)C(=Nc2cccc(C(C)(C)C#N)n2)CC(=NC2CCCCC2N)N1. The number of hydrogen-bond acceptors (Lipinski definition) is 6. The predicted molar refractivity (Wildman–Crippen MR) is 126 cm³/mol. The molecule has 2 aliphatic rings. The Bertz CT molecular complexity index is 986. The number of allylic oxidation sites excluding steroid dienone is 2. The Morgan fingerprint density at radius 1 is 1.31 bits per heavy atom. The second kappa shape index (κ2) is 10.0. The molecule has 0 bridgehead atoms. The highest BCUT2D eigenvalue weighted by atomic mass is 16.1. The molecule has 1 fully saturated rings. The van der Waals surface area contributed by atoms with E-state index in [0.717, 1.165) is 37.2 Å². The van der Waals surface area contributed by atoms with Crippen molar-refractivity contribution in [3.05, 3.63) is 35.7 Å². The molecule has 8 heteroatoms. The molecule has 32 heavy (non-hydrogen) atoms. The molecule has 5 N–H and O–H groups in total. The first kappa shape index (κ1) is 23.6. The van der Waals surface area contributed by atoms with Crippen LogP contribution in [0.3, 0.4) is 0 Å². The number of amidine groups is 1. The fourth-order valence-electron chi connectivity index (χ4n) is 4.06.